The number of hydrogen-bond donors (Lipinski definition) is 2. The van der Waals surface area contributed by atoms with Crippen molar-refractivity contribution in [3.8, 4) is 0 Å². The molecular weight excluding hydrogens is 234 g/mol. The van der Waals surface area contributed by atoms with Crippen LogP contribution in [0.4, 0.5) is 11.6 Å². The molecule has 1 aromatic rings. The number of amides is 1. The topological polar surface area (TPSA) is 93.4 Å². The lowest BCUT2D eigenvalue weighted by Gasteiger charge is -2.18. The molecule has 0 radical (unpaired) electrons. The Bertz CT molecular complexity index is 410. The van der Waals surface area contributed by atoms with Crippen molar-refractivity contribution in [2.24, 2.45) is 0 Å². The largest absolute Gasteiger partial charge is 0.384 e. The number of carbonyl (C=O) groups excluding carboxylic acids is 1. The number of rotatable bonds is 6. The molecule has 1 heterocycles. The molecule has 0 atom stereocenters. The number of nitrogens with one attached hydrogen (secondary N) is 1. The van der Waals surface area contributed by atoms with Crippen molar-refractivity contribution in [1.82, 2.24) is 15.3 Å². The van der Waals surface area contributed by atoms with Gasteiger partial charge in [-0.05, 0) is 0 Å². The summed E-state index contributed by atoms with van der Waals surface area (Å²) in [6, 6.07) is 1.67. The molecular formula is C11H19N5O2. The fourth-order valence-electron chi connectivity index (χ4n) is 1.40. The maximum atomic E-state index is 11.2. The molecule has 7 nitrogen and oxygen atoms in total. The van der Waals surface area contributed by atoms with Crippen molar-refractivity contribution in [3.63, 3.8) is 0 Å². The first-order valence-corrected chi connectivity index (χ1v) is 5.61. The Morgan fingerprint density at radius 2 is 2.28 bits per heavy atom. The highest BCUT2D eigenvalue weighted by atomic mass is 16.5. The van der Waals surface area contributed by atoms with Gasteiger partial charge in [-0.1, -0.05) is 0 Å². The second kappa shape index (κ2) is 6.75. The Kier molecular flexibility index (Phi) is 5.31. The lowest BCUT2D eigenvalue weighted by Crippen LogP contribution is -2.27. The van der Waals surface area contributed by atoms with E-state index >= 15 is 0 Å². The maximum Gasteiger partial charge on any atom is 0.221 e. The third kappa shape index (κ3) is 4.17. The zero-order valence-electron chi connectivity index (χ0n) is 10.9. The molecule has 0 aliphatic carbocycles. The van der Waals surface area contributed by atoms with Gasteiger partial charge in [-0.15, -0.1) is 0 Å². The second-order valence-corrected chi connectivity index (χ2v) is 3.84. The summed E-state index contributed by atoms with van der Waals surface area (Å²) < 4.78 is 4.97. The van der Waals surface area contributed by atoms with Crippen molar-refractivity contribution in [3.05, 3.63) is 11.9 Å². The normalized spacial score (nSPS) is 10.2. The van der Waals surface area contributed by atoms with Crippen molar-refractivity contribution >= 4 is 17.5 Å². The monoisotopic (exact) mass is 253 g/mol. The summed E-state index contributed by atoms with van der Waals surface area (Å²) in [5.41, 5.74) is 5.70. The molecule has 0 aliphatic rings. The number of anilines is 2. The Hall–Kier alpha value is -1.89. The summed E-state index contributed by atoms with van der Waals surface area (Å²) in [6.45, 7) is 0.865. The summed E-state index contributed by atoms with van der Waals surface area (Å²) in [4.78, 5) is 21.4. The van der Waals surface area contributed by atoms with E-state index in [1.807, 2.05) is 11.9 Å². The van der Waals surface area contributed by atoms with Gasteiger partial charge >= 0.3 is 0 Å². The summed E-state index contributed by atoms with van der Waals surface area (Å²) >= 11 is 0. The van der Waals surface area contributed by atoms with E-state index < -0.39 is 0 Å². The van der Waals surface area contributed by atoms with E-state index in [0.29, 0.717) is 37.0 Å². The molecule has 1 aromatic heterocycles. The van der Waals surface area contributed by atoms with Crippen LogP contribution in [0.15, 0.2) is 6.07 Å². The minimum absolute atomic E-state index is 0.0130. The second-order valence-electron chi connectivity index (χ2n) is 3.84. The molecule has 0 spiro atoms. The molecule has 18 heavy (non-hydrogen) atoms. The number of hydrogen-bond acceptors (Lipinski definition) is 6. The van der Waals surface area contributed by atoms with Gasteiger partial charge < -0.3 is 20.7 Å². The minimum atomic E-state index is -0.0130. The van der Waals surface area contributed by atoms with Gasteiger partial charge in [-0.25, -0.2) is 9.97 Å². The van der Waals surface area contributed by atoms with E-state index in [0.717, 1.165) is 0 Å². The molecule has 0 saturated carbocycles. The van der Waals surface area contributed by atoms with Crippen molar-refractivity contribution in [2.45, 2.75) is 13.0 Å². The third-order valence-electron chi connectivity index (χ3n) is 2.40. The Morgan fingerprint density at radius 1 is 1.56 bits per heavy atom. The molecule has 3 N–H and O–H groups in total. The van der Waals surface area contributed by atoms with Crippen LogP contribution in [0.5, 0.6) is 0 Å². The molecule has 0 bridgehead atoms. The van der Waals surface area contributed by atoms with Gasteiger partial charge in [0.2, 0.25) is 5.91 Å². The van der Waals surface area contributed by atoms with Crippen LogP contribution in [0.25, 0.3) is 0 Å². The first-order chi connectivity index (χ1) is 8.56. The summed E-state index contributed by atoms with van der Waals surface area (Å²) in [7, 11) is 5.03. The standard InChI is InChI=1S/C11H19N5O2/c1-13-11(17)4-5-16(2)10-6-8(12)14-9(15-10)7-18-3/h6H,4-5,7H2,1-3H3,(H,13,17)(H2,12,14,15). The van der Waals surface area contributed by atoms with Crippen LogP contribution >= 0.6 is 0 Å². The summed E-state index contributed by atoms with van der Waals surface area (Å²) in [5.74, 6) is 1.58. The van der Waals surface area contributed by atoms with Crippen LogP contribution in [-0.4, -0.2) is 43.6 Å². The van der Waals surface area contributed by atoms with E-state index in [2.05, 4.69) is 15.3 Å². The van der Waals surface area contributed by atoms with E-state index in [4.69, 9.17) is 10.5 Å². The fourth-order valence-corrected chi connectivity index (χ4v) is 1.40. The van der Waals surface area contributed by atoms with E-state index in [9.17, 15) is 4.79 Å². The zero-order chi connectivity index (χ0) is 13.5. The molecule has 1 rings (SSSR count). The summed E-state index contributed by atoms with van der Waals surface area (Å²) in [6.07, 6.45) is 0.399. The van der Waals surface area contributed by atoms with Gasteiger partial charge in [-0.2, -0.15) is 0 Å². The van der Waals surface area contributed by atoms with E-state index in [1.54, 1.807) is 20.2 Å². The highest BCUT2D eigenvalue weighted by molar-refractivity contribution is 5.76. The number of aromatic nitrogens is 2. The Balaban J connectivity index is 2.72. The first-order valence-electron chi connectivity index (χ1n) is 5.61. The van der Waals surface area contributed by atoms with Crippen LogP contribution in [0.1, 0.15) is 12.2 Å². The van der Waals surface area contributed by atoms with Crippen molar-refractivity contribution < 1.29 is 9.53 Å². The molecule has 0 fully saturated rings. The van der Waals surface area contributed by atoms with Gasteiger partial charge in [0.25, 0.3) is 0 Å². The zero-order valence-corrected chi connectivity index (χ0v) is 10.9. The number of carbonyl (C=O) groups is 1. The van der Waals surface area contributed by atoms with Crippen LogP contribution in [0, 0.1) is 0 Å². The lowest BCUT2D eigenvalue weighted by molar-refractivity contribution is -0.120. The molecule has 0 unspecified atom stereocenters. The maximum absolute atomic E-state index is 11.2. The van der Waals surface area contributed by atoms with Gasteiger partial charge in [0.05, 0.1) is 0 Å². The predicted molar refractivity (Wildman–Crippen MR) is 69.1 cm³/mol. The molecule has 1 amide bonds. The smallest absolute Gasteiger partial charge is 0.221 e. The van der Waals surface area contributed by atoms with Crippen LogP contribution in [0.2, 0.25) is 0 Å². The van der Waals surface area contributed by atoms with E-state index in [-0.39, 0.29) is 5.91 Å². The van der Waals surface area contributed by atoms with Crippen LogP contribution in [-0.2, 0) is 16.1 Å². The number of nitrogen functional groups attached to an aromatic ring is 1. The molecule has 7 heteroatoms. The molecule has 0 aromatic carbocycles. The van der Waals surface area contributed by atoms with Gasteiger partial charge in [0.15, 0.2) is 5.82 Å². The van der Waals surface area contributed by atoms with Gasteiger partial charge in [0, 0.05) is 40.2 Å². The molecule has 0 saturated heterocycles. The van der Waals surface area contributed by atoms with Gasteiger partial charge in [-0.3, -0.25) is 4.79 Å². The van der Waals surface area contributed by atoms with Gasteiger partial charge in [0.1, 0.15) is 18.2 Å². The minimum Gasteiger partial charge on any atom is -0.384 e. The number of nitrogens with zero attached hydrogens (tertiary/aromatic N) is 3. The number of methoxy groups -OCH3 is 1. The number of nitrogens with two attached hydrogens (primary N) is 1. The molecule has 100 valence electrons. The quantitative estimate of drug-likeness (QED) is 0.728. The first kappa shape index (κ1) is 14.2. The number of ether oxygens (including phenoxy) is 1. The predicted octanol–water partition coefficient (Wildman–Crippen LogP) is -0.222. The highest BCUT2D eigenvalue weighted by Crippen LogP contribution is 2.13. The summed E-state index contributed by atoms with van der Waals surface area (Å²) in [5, 5.41) is 2.57. The van der Waals surface area contributed by atoms with Crippen molar-refractivity contribution in [2.75, 3.05) is 38.4 Å². The third-order valence-corrected chi connectivity index (χ3v) is 2.40. The lowest BCUT2D eigenvalue weighted by atomic mass is 10.3. The average Bonchev–Trinajstić information content (AvgIpc) is 2.35. The Morgan fingerprint density at radius 3 is 2.89 bits per heavy atom. The molecule has 0 aliphatic heterocycles. The van der Waals surface area contributed by atoms with E-state index in [1.165, 1.54) is 0 Å². The van der Waals surface area contributed by atoms with Crippen LogP contribution in [0.3, 0.4) is 0 Å². The van der Waals surface area contributed by atoms with Crippen molar-refractivity contribution in [1.29, 1.82) is 0 Å². The fraction of sp³-hybridized carbons (Fsp3) is 0.545. The SMILES string of the molecule is CNC(=O)CCN(C)c1cc(N)nc(COC)n1. The highest BCUT2D eigenvalue weighted by Gasteiger charge is 2.08. The average molecular weight is 253 g/mol. The Labute approximate surface area is 106 Å². The van der Waals surface area contributed by atoms with Crippen LogP contribution < -0.4 is 16.0 Å².